The lowest BCUT2D eigenvalue weighted by Crippen LogP contribution is -2.26. The van der Waals surface area contributed by atoms with Crippen LogP contribution in [0.4, 0.5) is 5.69 Å². The summed E-state index contributed by atoms with van der Waals surface area (Å²) in [6.07, 6.45) is 2.06. The molecule has 0 aliphatic rings. The predicted molar refractivity (Wildman–Crippen MR) is 80.5 cm³/mol. The number of rotatable bonds is 6. The summed E-state index contributed by atoms with van der Waals surface area (Å²) in [5, 5.41) is 19.1. The van der Waals surface area contributed by atoms with E-state index in [0.29, 0.717) is 11.4 Å². The molecule has 0 fully saturated rings. The third-order valence-electron chi connectivity index (χ3n) is 3.36. The Morgan fingerprint density at radius 1 is 1.32 bits per heavy atom. The van der Waals surface area contributed by atoms with Crippen molar-refractivity contribution in [3.05, 3.63) is 41.7 Å². The van der Waals surface area contributed by atoms with Crippen LogP contribution in [0.25, 0.3) is 0 Å². The van der Waals surface area contributed by atoms with Gasteiger partial charge < -0.3 is 10.4 Å². The van der Waals surface area contributed by atoms with Crippen molar-refractivity contribution in [1.29, 1.82) is 0 Å². The van der Waals surface area contributed by atoms with Gasteiger partial charge in [0.15, 0.2) is 0 Å². The Hall–Kier alpha value is -2.70. The molecule has 1 aromatic carbocycles. The highest BCUT2D eigenvalue weighted by atomic mass is 16.4. The van der Waals surface area contributed by atoms with E-state index < -0.39 is 12.0 Å². The van der Waals surface area contributed by atoms with Crippen molar-refractivity contribution in [2.45, 2.75) is 32.7 Å². The number of aryl methyl sites for hydroxylation is 1. The van der Waals surface area contributed by atoms with Gasteiger partial charge in [-0.3, -0.25) is 9.59 Å². The second-order valence-electron chi connectivity index (χ2n) is 4.96. The molecule has 0 spiro atoms. The number of anilines is 1. The van der Waals surface area contributed by atoms with Crippen LogP contribution in [0.2, 0.25) is 0 Å². The Morgan fingerprint density at radius 2 is 2.00 bits per heavy atom. The number of nitrogens with one attached hydrogen (secondary N) is 1. The highest BCUT2D eigenvalue weighted by Crippen LogP contribution is 2.14. The lowest BCUT2D eigenvalue weighted by molar-refractivity contribution is -0.136. The molecule has 0 saturated heterocycles. The monoisotopic (exact) mass is 302 g/mol. The van der Waals surface area contributed by atoms with Gasteiger partial charge in [0.05, 0.1) is 18.3 Å². The number of carbonyl (C=O) groups excluding carboxylic acids is 1. The highest BCUT2D eigenvalue weighted by molar-refractivity contribution is 5.93. The Morgan fingerprint density at radius 3 is 2.59 bits per heavy atom. The van der Waals surface area contributed by atoms with Crippen LogP contribution in [0.15, 0.2) is 30.5 Å². The van der Waals surface area contributed by atoms with Crippen molar-refractivity contribution in [3.8, 4) is 0 Å². The molecule has 22 heavy (non-hydrogen) atoms. The molecule has 7 heteroatoms. The fourth-order valence-corrected chi connectivity index (χ4v) is 2.05. The van der Waals surface area contributed by atoms with Gasteiger partial charge in [-0.15, -0.1) is 5.10 Å². The van der Waals surface area contributed by atoms with E-state index in [0.717, 1.165) is 6.42 Å². The first-order valence-electron chi connectivity index (χ1n) is 7.02. The van der Waals surface area contributed by atoms with E-state index in [4.69, 9.17) is 5.11 Å². The minimum absolute atomic E-state index is 0.226. The van der Waals surface area contributed by atoms with Gasteiger partial charge in [-0.2, -0.15) is 0 Å². The minimum Gasteiger partial charge on any atom is -0.481 e. The molecule has 0 radical (unpaired) electrons. The molecule has 2 rings (SSSR count). The van der Waals surface area contributed by atoms with E-state index in [-0.39, 0.29) is 12.3 Å². The van der Waals surface area contributed by atoms with Crippen molar-refractivity contribution in [2.75, 3.05) is 5.32 Å². The van der Waals surface area contributed by atoms with E-state index in [1.165, 1.54) is 16.4 Å². The quantitative estimate of drug-likeness (QED) is 0.846. The molecular formula is C15H18N4O3. The number of benzene rings is 1. The Balaban J connectivity index is 2.08. The van der Waals surface area contributed by atoms with E-state index in [1.807, 2.05) is 24.3 Å². The van der Waals surface area contributed by atoms with Gasteiger partial charge in [0.25, 0.3) is 0 Å². The van der Waals surface area contributed by atoms with Crippen LogP contribution in [0.5, 0.6) is 0 Å². The predicted octanol–water partition coefficient (Wildman–Crippen LogP) is 1.67. The molecular weight excluding hydrogens is 284 g/mol. The molecule has 0 aliphatic heterocycles. The second-order valence-corrected chi connectivity index (χ2v) is 4.96. The number of nitrogens with zero attached hydrogens (tertiary/aromatic N) is 3. The van der Waals surface area contributed by atoms with Gasteiger partial charge in [0.2, 0.25) is 5.91 Å². The third-order valence-corrected chi connectivity index (χ3v) is 3.36. The van der Waals surface area contributed by atoms with E-state index in [1.54, 1.807) is 6.92 Å². The summed E-state index contributed by atoms with van der Waals surface area (Å²) in [5.41, 5.74) is 2.26. The van der Waals surface area contributed by atoms with Gasteiger partial charge in [-0.05, 0) is 31.0 Å². The van der Waals surface area contributed by atoms with Crippen LogP contribution in [0, 0.1) is 0 Å². The van der Waals surface area contributed by atoms with Crippen molar-refractivity contribution >= 4 is 17.6 Å². The van der Waals surface area contributed by atoms with Crippen LogP contribution in [-0.2, 0) is 22.4 Å². The molecule has 1 unspecified atom stereocenters. The fraction of sp³-hybridized carbons (Fsp3) is 0.333. The summed E-state index contributed by atoms with van der Waals surface area (Å²) >= 11 is 0. The number of carboxylic acid groups (broad SMARTS) is 1. The van der Waals surface area contributed by atoms with Crippen LogP contribution < -0.4 is 5.32 Å². The summed E-state index contributed by atoms with van der Waals surface area (Å²) in [6, 6.07) is 6.92. The first-order valence-corrected chi connectivity index (χ1v) is 7.02. The smallest absolute Gasteiger partial charge is 0.309 e. The van der Waals surface area contributed by atoms with E-state index in [9.17, 15) is 9.59 Å². The lowest BCUT2D eigenvalue weighted by Gasteiger charge is -2.14. The lowest BCUT2D eigenvalue weighted by atomic mass is 10.1. The first kappa shape index (κ1) is 15.7. The molecule has 116 valence electrons. The number of carbonyl (C=O) groups is 2. The highest BCUT2D eigenvalue weighted by Gasteiger charge is 2.20. The van der Waals surface area contributed by atoms with Crippen LogP contribution in [-0.4, -0.2) is 32.0 Å². The Labute approximate surface area is 128 Å². The summed E-state index contributed by atoms with van der Waals surface area (Å²) in [5.74, 6) is -1.27. The summed E-state index contributed by atoms with van der Waals surface area (Å²) in [6.45, 7) is 3.71. The number of aromatic nitrogens is 3. The number of aliphatic carboxylic acids is 1. The van der Waals surface area contributed by atoms with Crippen molar-refractivity contribution in [3.63, 3.8) is 0 Å². The van der Waals surface area contributed by atoms with Gasteiger partial charge in [-0.25, -0.2) is 4.68 Å². The molecule has 1 amide bonds. The van der Waals surface area contributed by atoms with Crippen LogP contribution >= 0.6 is 0 Å². The zero-order chi connectivity index (χ0) is 16.1. The summed E-state index contributed by atoms with van der Waals surface area (Å²) < 4.78 is 1.32. The molecule has 1 atom stereocenters. The molecule has 2 aromatic rings. The standard InChI is InChI=1S/C15H18N4O3/c1-3-11-4-6-12(7-5-11)17-15(22)10(2)19-13(8-14(20)21)9-16-18-19/h4-7,9-10H,3,8H2,1-2H3,(H,17,22)(H,20,21). The molecule has 0 aliphatic carbocycles. The fourth-order valence-electron chi connectivity index (χ4n) is 2.05. The number of carboxylic acids is 1. The third kappa shape index (κ3) is 3.69. The molecule has 0 saturated carbocycles. The maximum atomic E-state index is 12.3. The first-order chi connectivity index (χ1) is 10.5. The second kappa shape index (κ2) is 6.84. The summed E-state index contributed by atoms with van der Waals surface area (Å²) in [4.78, 5) is 23.0. The largest absolute Gasteiger partial charge is 0.481 e. The normalized spacial score (nSPS) is 11.9. The molecule has 1 aromatic heterocycles. The van der Waals surface area contributed by atoms with Gasteiger partial charge in [-0.1, -0.05) is 24.3 Å². The van der Waals surface area contributed by atoms with Crippen LogP contribution in [0.3, 0.4) is 0 Å². The van der Waals surface area contributed by atoms with Gasteiger partial charge >= 0.3 is 5.97 Å². The maximum absolute atomic E-state index is 12.3. The number of hydrogen-bond acceptors (Lipinski definition) is 4. The summed E-state index contributed by atoms with van der Waals surface area (Å²) in [7, 11) is 0. The minimum atomic E-state index is -0.994. The van der Waals surface area contributed by atoms with Gasteiger partial charge in [0.1, 0.15) is 6.04 Å². The zero-order valence-electron chi connectivity index (χ0n) is 12.5. The molecule has 0 bridgehead atoms. The maximum Gasteiger partial charge on any atom is 0.309 e. The molecule has 2 N–H and O–H groups in total. The Bertz CT molecular complexity index is 664. The van der Waals surface area contributed by atoms with Crippen molar-refractivity contribution < 1.29 is 14.7 Å². The number of hydrogen-bond donors (Lipinski definition) is 2. The Kier molecular flexibility index (Phi) is 4.88. The molecule has 1 heterocycles. The van der Waals surface area contributed by atoms with Crippen molar-refractivity contribution in [2.24, 2.45) is 0 Å². The average Bonchev–Trinajstić information content (AvgIpc) is 2.94. The van der Waals surface area contributed by atoms with Gasteiger partial charge in [0, 0.05) is 5.69 Å². The van der Waals surface area contributed by atoms with Crippen LogP contribution in [0.1, 0.15) is 31.1 Å². The average molecular weight is 302 g/mol. The molecule has 7 nitrogen and oxygen atoms in total. The van der Waals surface area contributed by atoms with E-state index in [2.05, 4.69) is 22.6 Å². The SMILES string of the molecule is CCc1ccc(NC(=O)C(C)n2nncc2CC(=O)O)cc1. The zero-order valence-corrected chi connectivity index (χ0v) is 12.5. The topological polar surface area (TPSA) is 97.1 Å². The van der Waals surface area contributed by atoms with Crippen molar-refractivity contribution in [1.82, 2.24) is 15.0 Å². The van der Waals surface area contributed by atoms with E-state index >= 15 is 0 Å². The number of amides is 1.